The highest BCUT2D eigenvalue weighted by Gasteiger charge is 2.43. The number of alkyl halides is 3. The summed E-state index contributed by atoms with van der Waals surface area (Å²) in [5, 5.41) is 13.4. The first-order valence-electron chi connectivity index (χ1n) is 11.1. The largest absolute Gasteiger partial charge is 0.478 e. The summed E-state index contributed by atoms with van der Waals surface area (Å²) < 4.78 is 43.2. The van der Waals surface area contributed by atoms with E-state index in [1.54, 1.807) is 48.2 Å². The van der Waals surface area contributed by atoms with Gasteiger partial charge >= 0.3 is 12.1 Å². The molecule has 2 heterocycles. The van der Waals surface area contributed by atoms with Gasteiger partial charge in [-0.25, -0.2) is 9.48 Å². The molecule has 0 spiro atoms. The van der Waals surface area contributed by atoms with E-state index in [9.17, 15) is 22.8 Å². The molecule has 10 heteroatoms. The van der Waals surface area contributed by atoms with Crippen molar-refractivity contribution in [1.82, 2.24) is 9.78 Å². The summed E-state index contributed by atoms with van der Waals surface area (Å²) in [5.41, 5.74) is 0.0168. The number of carboxylic acids is 1. The fourth-order valence-electron chi connectivity index (χ4n) is 4.32. The number of Topliss-reactive ketones (excluding diaryl/α,β-unsaturated/α-hetero) is 1. The highest BCUT2D eigenvalue weighted by atomic mass is 35.5. The fraction of sp³-hybridized carbons (Fsp3) is 0.320. The number of hydrogen-bond acceptors (Lipinski definition) is 4. The van der Waals surface area contributed by atoms with Crippen molar-refractivity contribution in [2.75, 3.05) is 11.4 Å². The molecule has 0 bridgehead atoms. The van der Waals surface area contributed by atoms with E-state index in [-0.39, 0.29) is 24.3 Å². The zero-order valence-corrected chi connectivity index (χ0v) is 19.6. The molecule has 2 aromatic carbocycles. The highest BCUT2D eigenvalue weighted by Crippen LogP contribution is 2.39. The third kappa shape index (κ3) is 5.35. The van der Waals surface area contributed by atoms with Crippen molar-refractivity contribution in [3.05, 3.63) is 81.5 Å². The molecule has 0 unspecified atom stereocenters. The van der Waals surface area contributed by atoms with Crippen LogP contribution in [0.3, 0.4) is 0 Å². The summed E-state index contributed by atoms with van der Waals surface area (Å²) in [6.07, 6.45) is -4.36. The van der Waals surface area contributed by atoms with Crippen LogP contribution in [0.15, 0.2) is 48.5 Å². The number of carboxylic acid groups (broad SMARTS) is 1. The van der Waals surface area contributed by atoms with Crippen LogP contribution in [0.5, 0.6) is 0 Å². The van der Waals surface area contributed by atoms with Crippen molar-refractivity contribution >= 4 is 29.2 Å². The van der Waals surface area contributed by atoms with Crippen LogP contribution in [-0.4, -0.2) is 33.2 Å². The number of aromatic nitrogens is 2. The number of ketones is 1. The van der Waals surface area contributed by atoms with Crippen molar-refractivity contribution in [2.24, 2.45) is 0 Å². The van der Waals surface area contributed by atoms with Gasteiger partial charge in [0.15, 0.2) is 11.5 Å². The molecule has 184 valence electrons. The molecular formula is C25H23ClF3N3O3. The van der Waals surface area contributed by atoms with Crippen LogP contribution in [0.2, 0.25) is 5.02 Å². The van der Waals surface area contributed by atoms with Crippen LogP contribution in [0.25, 0.3) is 0 Å². The fourth-order valence-corrected chi connectivity index (χ4v) is 4.45. The van der Waals surface area contributed by atoms with Crippen LogP contribution >= 0.6 is 11.6 Å². The van der Waals surface area contributed by atoms with E-state index in [4.69, 9.17) is 16.7 Å². The number of halogens is 4. The zero-order chi connectivity index (χ0) is 25.3. The van der Waals surface area contributed by atoms with Gasteiger partial charge in [-0.15, -0.1) is 0 Å². The van der Waals surface area contributed by atoms with E-state index in [1.807, 2.05) is 0 Å². The van der Waals surface area contributed by atoms with Crippen molar-refractivity contribution in [1.29, 1.82) is 0 Å². The van der Waals surface area contributed by atoms with Gasteiger partial charge in [0.05, 0.1) is 11.1 Å². The number of carbonyl (C=O) groups excluding carboxylic acids is 1. The maximum absolute atomic E-state index is 14.0. The number of benzene rings is 2. The lowest BCUT2D eigenvalue weighted by atomic mass is 9.92. The Labute approximate surface area is 204 Å². The number of nitrogens with zero attached hydrogens (tertiary/aromatic N) is 3. The Balaban J connectivity index is 1.67. The molecule has 35 heavy (non-hydrogen) atoms. The average molecular weight is 506 g/mol. The number of carbonyl (C=O) groups is 2. The van der Waals surface area contributed by atoms with Gasteiger partial charge in [-0.2, -0.15) is 18.3 Å². The van der Waals surface area contributed by atoms with Gasteiger partial charge in [-0.3, -0.25) is 4.79 Å². The molecule has 0 amide bonds. The molecule has 1 aliphatic rings. The Kier molecular flexibility index (Phi) is 6.89. The topological polar surface area (TPSA) is 75.4 Å². The summed E-state index contributed by atoms with van der Waals surface area (Å²) in [7, 11) is 0. The second kappa shape index (κ2) is 9.73. The first-order valence-corrected chi connectivity index (χ1v) is 11.5. The van der Waals surface area contributed by atoms with Crippen molar-refractivity contribution in [3.63, 3.8) is 0 Å². The van der Waals surface area contributed by atoms with E-state index < -0.39 is 35.1 Å². The minimum Gasteiger partial charge on any atom is -0.478 e. The molecular weight excluding hydrogens is 483 g/mol. The number of fused-ring (bicyclic) bond motifs is 1. The van der Waals surface area contributed by atoms with Crippen LogP contribution in [0.1, 0.15) is 63.2 Å². The molecule has 1 aliphatic heterocycles. The average Bonchev–Trinajstić information content (AvgIpc) is 3.22. The zero-order valence-electron chi connectivity index (χ0n) is 18.8. The quantitative estimate of drug-likeness (QED) is 0.396. The summed E-state index contributed by atoms with van der Waals surface area (Å²) in [5.74, 6) is -1.98. The summed E-state index contributed by atoms with van der Waals surface area (Å²) in [6.45, 7) is 2.81. The SMILES string of the molecule is C[C@H](CC(=O)c1c(C(F)(F)F)nn2c1N(Cc1ccc(Cl)cc1)CCC2)c1ccc(C(=O)O)cc1. The van der Waals surface area contributed by atoms with E-state index in [0.717, 1.165) is 5.56 Å². The molecule has 4 rings (SSSR count). The maximum atomic E-state index is 14.0. The van der Waals surface area contributed by atoms with Gasteiger partial charge in [0.25, 0.3) is 0 Å². The van der Waals surface area contributed by atoms with Crippen LogP contribution in [-0.2, 0) is 19.3 Å². The van der Waals surface area contributed by atoms with Crippen molar-refractivity contribution < 1.29 is 27.9 Å². The number of anilines is 1. The van der Waals surface area contributed by atoms with E-state index in [1.165, 1.54) is 16.8 Å². The summed E-state index contributed by atoms with van der Waals surface area (Å²) in [4.78, 5) is 26.2. The van der Waals surface area contributed by atoms with Gasteiger partial charge in [0, 0.05) is 31.1 Å². The van der Waals surface area contributed by atoms with Crippen molar-refractivity contribution in [3.8, 4) is 0 Å². The lowest BCUT2D eigenvalue weighted by molar-refractivity contribution is -0.141. The Morgan fingerprint density at radius 1 is 1.09 bits per heavy atom. The first kappa shape index (κ1) is 24.8. The van der Waals surface area contributed by atoms with Crippen LogP contribution in [0.4, 0.5) is 19.0 Å². The molecule has 1 atom stereocenters. The first-order chi connectivity index (χ1) is 16.5. The smallest absolute Gasteiger partial charge is 0.435 e. The number of aromatic carboxylic acids is 1. The molecule has 0 aliphatic carbocycles. The monoisotopic (exact) mass is 505 g/mol. The Morgan fingerprint density at radius 2 is 1.74 bits per heavy atom. The second-order valence-electron chi connectivity index (χ2n) is 8.63. The Bertz CT molecular complexity index is 1240. The molecule has 1 aromatic heterocycles. The molecule has 6 nitrogen and oxygen atoms in total. The maximum Gasteiger partial charge on any atom is 0.435 e. The van der Waals surface area contributed by atoms with E-state index in [0.29, 0.717) is 30.1 Å². The minimum absolute atomic E-state index is 0.0928. The molecule has 0 saturated heterocycles. The predicted molar refractivity (Wildman–Crippen MR) is 125 cm³/mol. The lowest BCUT2D eigenvalue weighted by Crippen LogP contribution is -2.33. The number of aryl methyl sites for hydroxylation is 1. The molecule has 0 saturated carbocycles. The number of hydrogen-bond donors (Lipinski definition) is 1. The van der Waals surface area contributed by atoms with E-state index in [2.05, 4.69) is 5.10 Å². The minimum atomic E-state index is -4.78. The predicted octanol–water partition coefficient (Wildman–Crippen LogP) is 6.04. The van der Waals surface area contributed by atoms with Gasteiger partial charge in [-0.1, -0.05) is 42.8 Å². The number of rotatable bonds is 7. The van der Waals surface area contributed by atoms with E-state index >= 15 is 0 Å². The molecule has 0 radical (unpaired) electrons. The lowest BCUT2D eigenvalue weighted by Gasteiger charge is -2.30. The van der Waals surface area contributed by atoms with Crippen LogP contribution in [0, 0.1) is 0 Å². The Morgan fingerprint density at radius 3 is 2.34 bits per heavy atom. The van der Waals surface area contributed by atoms with Crippen LogP contribution < -0.4 is 4.90 Å². The highest BCUT2D eigenvalue weighted by molar-refractivity contribution is 6.30. The molecule has 0 fully saturated rings. The Hall–Kier alpha value is -3.33. The third-order valence-electron chi connectivity index (χ3n) is 6.08. The van der Waals surface area contributed by atoms with Crippen molar-refractivity contribution in [2.45, 2.75) is 44.9 Å². The summed E-state index contributed by atoms with van der Waals surface area (Å²) >= 11 is 5.95. The van der Waals surface area contributed by atoms with Gasteiger partial charge in [-0.05, 0) is 47.7 Å². The van der Waals surface area contributed by atoms with Gasteiger partial charge in [0.1, 0.15) is 5.82 Å². The summed E-state index contributed by atoms with van der Waals surface area (Å²) in [6, 6.07) is 13.0. The van der Waals surface area contributed by atoms with Gasteiger partial charge < -0.3 is 10.0 Å². The molecule has 1 N–H and O–H groups in total. The van der Waals surface area contributed by atoms with Gasteiger partial charge in [0.2, 0.25) is 0 Å². The standard InChI is InChI=1S/C25H23ClF3N3O3/c1-15(17-5-7-18(8-6-17)24(34)35)13-20(33)21-22(25(27,28)29)30-32-12-2-11-31(23(21)32)14-16-3-9-19(26)10-4-16/h3-10,15H,2,11-14H2,1H3,(H,34,35)/t15-/m1/s1. The second-order valence-corrected chi connectivity index (χ2v) is 9.06. The third-order valence-corrected chi connectivity index (χ3v) is 6.33. The molecule has 3 aromatic rings. The normalized spacial score (nSPS) is 14.5.